The number of benzene rings is 1. The first-order valence-electron chi connectivity index (χ1n) is 6.32. The summed E-state index contributed by atoms with van der Waals surface area (Å²) in [6, 6.07) is 8.84. The second kappa shape index (κ2) is 5.53. The van der Waals surface area contributed by atoms with E-state index >= 15 is 0 Å². The fourth-order valence-corrected chi connectivity index (χ4v) is 2.63. The van der Waals surface area contributed by atoms with Crippen molar-refractivity contribution < 1.29 is 12.4 Å². The van der Waals surface area contributed by atoms with E-state index in [0.717, 1.165) is 17.9 Å². The van der Waals surface area contributed by atoms with Crippen molar-refractivity contribution in [1.29, 1.82) is 0 Å². The van der Waals surface area contributed by atoms with E-state index in [1.807, 2.05) is 6.07 Å². The molecular formula is C14H17ClN3-. The SMILES string of the molecule is CC1CCCCN1c1ncnc2ccccc12.[Cl-]. The smallest absolute Gasteiger partial charge is 0.140 e. The molecule has 1 unspecified atom stereocenters. The van der Waals surface area contributed by atoms with Gasteiger partial charge < -0.3 is 17.3 Å². The van der Waals surface area contributed by atoms with Gasteiger partial charge in [0.2, 0.25) is 0 Å². The van der Waals surface area contributed by atoms with Gasteiger partial charge in [0.15, 0.2) is 0 Å². The Kier molecular flexibility index (Phi) is 4.02. The third-order valence-corrected chi connectivity index (χ3v) is 3.60. The number of piperidine rings is 1. The maximum Gasteiger partial charge on any atom is 0.140 e. The number of hydrogen-bond acceptors (Lipinski definition) is 3. The van der Waals surface area contributed by atoms with Gasteiger partial charge in [0.05, 0.1) is 5.52 Å². The number of nitrogens with zero attached hydrogens (tertiary/aromatic N) is 3. The average molecular weight is 263 g/mol. The van der Waals surface area contributed by atoms with Gasteiger partial charge in [0.1, 0.15) is 12.1 Å². The zero-order valence-electron chi connectivity index (χ0n) is 10.5. The highest BCUT2D eigenvalue weighted by molar-refractivity contribution is 5.89. The van der Waals surface area contributed by atoms with E-state index in [2.05, 4.69) is 40.0 Å². The molecule has 0 aliphatic carbocycles. The molecule has 0 N–H and O–H groups in total. The van der Waals surface area contributed by atoms with Gasteiger partial charge in [-0.3, -0.25) is 0 Å². The molecule has 2 heterocycles. The molecule has 1 fully saturated rings. The Bertz CT molecular complexity index is 524. The first-order valence-corrected chi connectivity index (χ1v) is 6.32. The van der Waals surface area contributed by atoms with E-state index in [0.29, 0.717) is 6.04 Å². The first-order chi connectivity index (χ1) is 8.36. The quantitative estimate of drug-likeness (QED) is 0.725. The summed E-state index contributed by atoms with van der Waals surface area (Å²) in [7, 11) is 0. The number of para-hydroxylation sites is 1. The van der Waals surface area contributed by atoms with Gasteiger partial charge in [0, 0.05) is 18.0 Å². The molecule has 3 nitrogen and oxygen atoms in total. The van der Waals surface area contributed by atoms with E-state index in [-0.39, 0.29) is 12.4 Å². The van der Waals surface area contributed by atoms with Crippen molar-refractivity contribution in [3.63, 3.8) is 0 Å². The zero-order valence-corrected chi connectivity index (χ0v) is 11.3. The summed E-state index contributed by atoms with van der Waals surface area (Å²) in [5.41, 5.74) is 1.04. The summed E-state index contributed by atoms with van der Waals surface area (Å²) in [6.45, 7) is 3.40. The molecule has 0 radical (unpaired) electrons. The van der Waals surface area contributed by atoms with Crippen LogP contribution in [0.25, 0.3) is 10.9 Å². The number of halogens is 1. The number of aromatic nitrogens is 2. The predicted molar refractivity (Wildman–Crippen MR) is 70.2 cm³/mol. The molecular weight excluding hydrogens is 246 g/mol. The fourth-order valence-electron chi connectivity index (χ4n) is 2.63. The van der Waals surface area contributed by atoms with Gasteiger partial charge in [-0.2, -0.15) is 0 Å². The molecule has 96 valence electrons. The van der Waals surface area contributed by atoms with Crippen molar-refractivity contribution in [2.75, 3.05) is 11.4 Å². The summed E-state index contributed by atoms with van der Waals surface area (Å²) in [5, 5.41) is 1.17. The van der Waals surface area contributed by atoms with E-state index in [1.165, 1.54) is 24.6 Å². The van der Waals surface area contributed by atoms with Crippen LogP contribution in [-0.4, -0.2) is 22.6 Å². The topological polar surface area (TPSA) is 29.0 Å². The summed E-state index contributed by atoms with van der Waals surface area (Å²) >= 11 is 0. The zero-order chi connectivity index (χ0) is 11.7. The molecule has 0 saturated carbocycles. The van der Waals surface area contributed by atoms with Crippen molar-refractivity contribution in [2.45, 2.75) is 32.2 Å². The Morgan fingerprint density at radius 1 is 1.17 bits per heavy atom. The summed E-state index contributed by atoms with van der Waals surface area (Å²) in [6.07, 6.45) is 5.54. The lowest BCUT2D eigenvalue weighted by Gasteiger charge is -2.34. The maximum absolute atomic E-state index is 4.50. The number of anilines is 1. The lowest BCUT2D eigenvalue weighted by atomic mass is 10.0. The Morgan fingerprint density at radius 2 is 2.00 bits per heavy atom. The van der Waals surface area contributed by atoms with Crippen molar-refractivity contribution in [3.8, 4) is 0 Å². The maximum atomic E-state index is 4.50. The Morgan fingerprint density at radius 3 is 2.83 bits per heavy atom. The van der Waals surface area contributed by atoms with Gasteiger partial charge >= 0.3 is 0 Å². The van der Waals surface area contributed by atoms with Crippen molar-refractivity contribution >= 4 is 16.7 Å². The molecule has 1 aliphatic rings. The van der Waals surface area contributed by atoms with Crippen molar-refractivity contribution in [2.24, 2.45) is 0 Å². The van der Waals surface area contributed by atoms with E-state index in [4.69, 9.17) is 0 Å². The van der Waals surface area contributed by atoms with Crippen LogP contribution in [0.5, 0.6) is 0 Å². The molecule has 3 rings (SSSR count). The Labute approximate surface area is 114 Å². The molecule has 1 aliphatic heterocycles. The van der Waals surface area contributed by atoms with Crippen molar-refractivity contribution in [1.82, 2.24) is 9.97 Å². The van der Waals surface area contributed by atoms with Crippen LogP contribution in [0.1, 0.15) is 26.2 Å². The van der Waals surface area contributed by atoms with Crippen LogP contribution in [0.4, 0.5) is 5.82 Å². The Hall–Kier alpha value is -1.35. The highest BCUT2D eigenvalue weighted by atomic mass is 35.5. The van der Waals surface area contributed by atoms with Crippen LogP contribution in [0.3, 0.4) is 0 Å². The minimum atomic E-state index is 0. The highest BCUT2D eigenvalue weighted by Crippen LogP contribution is 2.28. The largest absolute Gasteiger partial charge is 1.00 e. The van der Waals surface area contributed by atoms with Gasteiger partial charge in [-0.15, -0.1) is 0 Å². The fraction of sp³-hybridized carbons (Fsp3) is 0.429. The molecule has 2 aromatic rings. The van der Waals surface area contributed by atoms with Gasteiger partial charge in [-0.1, -0.05) is 12.1 Å². The standard InChI is InChI=1S/C14H17N3.ClH/c1-11-6-4-5-9-17(11)14-12-7-2-3-8-13(12)15-10-16-14;/h2-3,7-8,10-11H,4-6,9H2,1H3;1H/p-1. The molecule has 4 heteroatoms. The first kappa shape index (κ1) is 13.1. The lowest BCUT2D eigenvalue weighted by molar-refractivity contribution is -0.00000362. The summed E-state index contributed by atoms with van der Waals surface area (Å²) < 4.78 is 0. The van der Waals surface area contributed by atoms with Gasteiger partial charge in [-0.25, -0.2) is 9.97 Å². The van der Waals surface area contributed by atoms with Crippen LogP contribution >= 0.6 is 0 Å². The van der Waals surface area contributed by atoms with Gasteiger partial charge in [-0.05, 0) is 38.3 Å². The number of hydrogen-bond donors (Lipinski definition) is 0. The molecule has 0 bridgehead atoms. The van der Waals surface area contributed by atoms with E-state index in [9.17, 15) is 0 Å². The van der Waals surface area contributed by atoms with Crippen LogP contribution in [0.15, 0.2) is 30.6 Å². The second-order valence-corrected chi connectivity index (χ2v) is 4.75. The minimum Gasteiger partial charge on any atom is -1.00 e. The number of rotatable bonds is 1. The second-order valence-electron chi connectivity index (χ2n) is 4.75. The third kappa shape index (κ3) is 2.27. The van der Waals surface area contributed by atoms with E-state index in [1.54, 1.807) is 6.33 Å². The molecule has 1 atom stereocenters. The van der Waals surface area contributed by atoms with E-state index < -0.39 is 0 Å². The molecule has 0 amide bonds. The predicted octanol–water partition coefficient (Wildman–Crippen LogP) is 0.0126. The van der Waals surface area contributed by atoms with Crippen LogP contribution in [0.2, 0.25) is 0 Å². The molecule has 1 saturated heterocycles. The van der Waals surface area contributed by atoms with Crippen LogP contribution < -0.4 is 17.3 Å². The summed E-state index contributed by atoms with van der Waals surface area (Å²) in [4.78, 5) is 11.2. The normalized spacial score (nSPS) is 19.6. The third-order valence-electron chi connectivity index (χ3n) is 3.60. The van der Waals surface area contributed by atoms with Crippen LogP contribution in [-0.2, 0) is 0 Å². The monoisotopic (exact) mass is 262 g/mol. The minimum absolute atomic E-state index is 0. The number of fused-ring (bicyclic) bond motifs is 1. The summed E-state index contributed by atoms with van der Waals surface area (Å²) in [5.74, 6) is 1.10. The molecule has 1 aromatic carbocycles. The van der Waals surface area contributed by atoms with Gasteiger partial charge in [0.25, 0.3) is 0 Å². The highest BCUT2D eigenvalue weighted by Gasteiger charge is 2.21. The molecule has 18 heavy (non-hydrogen) atoms. The van der Waals surface area contributed by atoms with Crippen molar-refractivity contribution in [3.05, 3.63) is 30.6 Å². The average Bonchev–Trinajstić information content (AvgIpc) is 2.39. The lowest BCUT2D eigenvalue weighted by Crippen LogP contribution is -3.00. The molecule has 1 aromatic heterocycles. The molecule has 0 spiro atoms. The Balaban J connectivity index is 0.00000120. The van der Waals surface area contributed by atoms with Crippen LogP contribution in [0, 0.1) is 0 Å².